The molecule has 0 rings (SSSR count). The van der Waals surface area contributed by atoms with Gasteiger partial charge < -0.3 is 4.74 Å². The van der Waals surface area contributed by atoms with Crippen LogP contribution in [0.3, 0.4) is 0 Å². The van der Waals surface area contributed by atoms with Crippen LogP contribution in [0.2, 0.25) is 0 Å². The Morgan fingerprint density at radius 1 is 0.944 bits per heavy atom. The minimum atomic E-state index is -0.311. The maximum absolute atomic E-state index is 10.8. The van der Waals surface area contributed by atoms with E-state index in [4.69, 9.17) is 36.6 Å². The molecule has 2 nitrogen and oxygen atoms in total. The number of hydrogen-bond donors (Lipinski definition) is 0. The van der Waals surface area contributed by atoms with E-state index in [0.29, 0.717) is 0 Å². The highest BCUT2D eigenvalue weighted by atomic mass is 20.0. The summed E-state index contributed by atoms with van der Waals surface area (Å²) in [6.45, 7) is 5.72. The van der Waals surface area contributed by atoms with Gasteiger partial charge in [0, 0.05) is 36.6 Å². The highest BCUT2D eigenvalue weighted by Crippen LogP contribution is 2.20. The van der Waals surface area contributed by atoms with E-state index in [1.54, 1.807) is 0 Å². The lowest BCUT2D eigenvalue weighted by atomic mass is 9.91. The summed E-state index contributed by atoms with van der Waals surface area (Å²) in [5.74, 6) is -0.134. The molecule has 0 aromatic carbocycles. The van der Waals surface area contributed by atoms with Crippen LogP contribution in [0, 0.1) is 5.41 Å². The SMILES string of the molecule is CCC(C)(C)C(=O)OC.F.FF.FF.FF.FF. The first-order valence-corrected chi connectivity index (χ1v) is 3.70. The van der Waals surface area contributed by atoms with Crippen LogP contribution in [0.5, 0.6) is 0 Å². The fourth-order valence-corrected chi connectivity index (χ4v) is 0.421. The van der Waals surface area contributed by atoms with Crippen molar-refractivity contribution in [3.63, 3.8) is 0 Å². The average Bonchev–Trinajstić information content (AvgIpc) is 2.46. The Morgan fingerprint density at radius 2 is 1.17 bits per heavy atom. The van der Waals surface area contributed by atoms with Gasteiger partial charge in [-0.1, -0.05) is 6.92 Å². The smallest absolute Gasteiger partial charge is 0.311 e. The summed E-state index contributed by atoms with van der Waals surface area (Å²) >= 11 is 0. The predicted octanol–water partition coefficient (Wildman–Crippen LogP) is 5.11. The highest BCUT2D eigenvalue weighted by molar-refractivity contribution is 5.75. The number of carbonyl (C=O) groups is 1. The van der Waals surface area contributed by atoms with Gasteiger partial charge in [0.2, 0.25) is 0 Å². The number of rotatable bonds is 2. The summed E-state index contributed by atoms with van der Waals surface area (Å²) < 4.78 is 68.6. The van der Waals surface area contributed by atoms with Crippen molar-refractivity contribution in [3.8, 4) is 0 Å². The quantitative estimate of drug-likeness (QED) is 0.523. The van der Waals surface area contributed by atoms with Crippen LogP contribution in [0.15, 0.2) is 0 Å². The standard InChI is InChI=1S/C7H14O2.4F2.FH/c1-5-7(2,3)6(8)9-4;4*1-2;/h5H2,1-4H3;;;;;1H. The van der Waals surface area contributed by atoms with E-state index >= 15 is 0 Å². The molecule has 0 bridgehead atoms. The van der Waals surface area contributed by atoms with Crippen LogP contribution in [0.1, 0.15) is 27.2 Å². The minimum absolute atomic E-state index is 0. The van der Waals surface area contributed by atoms with Gasteiger partial charge in [-0.2, -0.15) is 0 Å². The van der Waals surface area contributed by atoms with Crippen LogP contribution >= 0.6 is 0 Å². The lowest BCUT2D eigenvalue weighted by Crippen LogP contribution is -2.24. The Morgan fingerprint density at radius 3 is 1.22 bits per heavy atom. The maximum atomic E-state index is 10.8. The molecule has 0 saturated carbocycles. The van der Waals surface area contributed by atoms with Crippen molar-refractivity contribution in [1.29, 1.82) is 0 Å². The Hall–Kier alpha value is -1.16. The van der Waals surface area contributed by atoms with Gasteiger partial charge in [-0.05, 0) is 20.3 Å². The second kappa shape index (κ2) is 36.0. The van der Waals surface area contributed by atoms with Gasteiger partial charge in [0.15, 0.2) is 0 Å². The summed E-state index contributed by atoms with van der Waals surface area (Å²) in [6.07, 6.45) is 0.819. The van der Waals surface area contributed by atoms with Crippen molar-refractivity contribution >= 4 is 5.97 Å². The van der Waals surface area contributed by atoms with Crippen LogP contribution in [-0.2, 0) is 9.53 Å². The molecule has 0 fully saturated rings. The first kappa shape index (κ1) is 36.0. The number of hydrogen-bond acceptors (Lipinski definition) is 2. The van der Waals surface area contributed by atoms with E-state index in [-0.39, 0.29) is 16.1 Å². The van der Waals surface area contributed by atoms with Crippen molar-refractivity contribution < 1.29 is 50.8 Å². The molecule has 0 aromatic rings. The number of ether oxygens (including phenoxy) is 1. The summed E-state index contributed by atoms with van der Waals surface area (Å²) in [4.78, 5) is 10.8. The van der Waals surface area contributed by atoms with Crippen LogP contribution in [0.4, 0.5) is 41.3 Å². The van der Waals surface area contributed by atoms with Gasteiger partial charge in [0.05, 0.1) is 12.5 Å². The molecular formula is C7H15F9O2. The first-order valence-electron chi connectivity index (χ1n) is 3.70. The van der Waals surface area contributed by atoms with Gasteiger partial charge in [-0.3, -0.25) is 9.50 Å². The summed E-state index contributed by atoms with van der Waals surface area (Å²) in [5, 5.41) is 0. The van der Waals surface area contributed by atoms with Crippen molar-refractivity contribution in [2.24, 2.45) is 5.41 Å². The number of halogens is 9. The molecule has 0 aliphatic rings. The molecular weight excluding hydrogens is 287 g/mol. The Labute approximate surface area is 97.7 Å². The van der Waals surface area contributed by atoms with E-state index < -0.39 is 0 Å². The zero-order chi connectivity index (χ0) is 15.5. The van der Waals surface area contributed by atoms with Crippen molar-refractivity contribution in [1.82, 2.24) is 0 Å². The highest BCUT2D eigenvalue weighted by Gasteiger charge is 2.25. The molecule has 0 unspecified atom stereocenters. The summed E-state index contributed by atoms with van der Waals surface area (Å²) in [5.41, 5.74) is -0.311. The molecule has 0 N–H and O–H groups in total. The third kappa shape index (κ3) is 29.4. The van der Waals surface area contributed by atoms with Gasteiger partial charge in [0.1, 0.15) is 0 Å². The van der Waals surface area contributed by atoms with Crippen LogP contribution < -0.4 is 0 Å². The van der Waals surface area contributed by atoms with E-state index in [9.17, 15) is 4.79 Å². The molecule has 0 aliphatic carbocycles. The third-order valence-electron chi connectivity index (χ3n) is 1.62. The van der Waals surface area contributed by atoms with Gasteiger partial charge >= 0.3 is 5.97 Å². The Balaban J connectivity index is -0.0000000342. The zero-order valence-electron chi connectivity index (χ0n) is 9.96. The van der Waals surface area contributed by atoms with Crippen molar-refractivity contribution in [2.45, 2.75) is 27.2 Å². The van der Waals surface area contributed by atoms with Crippen LogP contribution in [-0.4, -0.2) is 13.1 Å². The topological polar surface area (TPSA) is 26.3 Å². The monoisotopic (exact) mass is 302 g/mol. The molecule has 18 heavy (non-hydrogen) atoms. The molecule has 0 amide bonds. The van der Waals surface area contributed by atoms with E-state index in [2.05, 4.69) is 4.74 Å². The summed E-state index contributed by atoms with van der Waals surface area (Å²) in [7, 11) is 1.42. The third-order valence-corrected chi connectivity index (χ3v) is 1.62. The molecule has 11 heteroatoms. The summed E-state index contributed by atoms with van der Waals surface area (Å²) in [6, 6.07) is 0. The predicted molar refractivity (Wildman–Crippen MR) is 47.5 cm³/mol. The molecule has 0 saturated heterocycles. The minimum Gasteiger partial charge on any atom is -0.469 e. The maximum Gasteiger partial charge on any atom is 0.311 e. The van der Waals surface area contributed by atoms with E-state index in [0.717, 1.165) is 6.42 Å². The molecule has 118 valence electrons. The fourth-order valence-electron chi connectivity index (χ4n) is 0.421. The number of esters is 1. The lowest BCUT2D eigenvalue weighted by molar-refractivity contribution is -0.150. The molecule has 0 spiro atoms. The second-order valence-electron chi connectivity index (χ2n) is 2.73. The number of methoxy groups -OCH3 is 1. The zero-order valence-corrected chi connectivity index (χ0v) is 9.96. The van der Waals surface area contributed by atoms with E-state index in [1.807, 2.05) is 20.8 Å². The Kier molecular flexibility index (Phi) is 72.0. The second-order valence-corrected chi connectivity index (χ2v) is 2.73. The van der Waals surface area contributed by atoms with E-state index in [1.165, 1.54) is 7.11 Å². The number of carbonyl (C=O) groups excluding carboxylic acids is 1. The van der Waals surface area contributed by atoms with Gasteiger partial charge in [-0.25, -0.2) is 0 Å². The normalized spacial score (nSPS) is 6.89. The first-order chi connectivity index (χ1) is 8.04. The largest absolute Gasteiger partial charge is 0.469 e. The molecule has 0 aliphatic heterocycles. The molecule has 0 atom stereocenters. The van der Waals surface area contributed by atoms with Crippen LogP contribution in [0.25, 0.3) is 0 Å². The Bertz CT molecular complexity index is 123. The van der Waals surface area contributed by atoms with Crippen molar-refractivity contribution in [2.75, 3.05) is 7.11 Å². The van der Waals surface area contributed by atoms with Crippen molar-refractivity contribution in [3.05, 3.63) is 0 Å². The fraction of sp³-hybridized carbons (Fsp3) is 0.857. The molecule has 0 radical (unpaired) electrons. The van der Waals surface area contributed by atoms with Gasteiger partial charge in [0.25, 0.3) is 0 Å². The van der Waals surface area contributed by atoms with Gasteiger partial charge in [-0.15, -0.1) is 0 Å². The molecule has 0 heterocycles. The molecule has 0 aromatic heterocycles. The average molecular weight is 302 g/mol. The lowest BCUT2D eigenvalue weighted by Gasteiger charge is -2.17.